The number of imidazole rings is 1. The third kappa shape index (κ3) is 4.31. The molecule has 6 heteroatoms. The molecule has 0 radical (unpaired) electrons. The van der Waals surface area contributed by atoms with Crippen LogP contribution in [0.5, 0.6) is 0 Å². The van der Waals surface area contributed by atoms with E-state index >= 15 is 0 Å². The van der Waals surface area contributed by atoms with Gasteiger partial charge in [0.15, 0.2) is 0 Å². The number of carboxylic acid groups (broad SMARTS) is 1. The molecule has 0 unspecified atom stereocenters. The molecule has 1 heterocycles. The van der Waals surface area contributed by atoms with Crippen LogP contribution in [0, 0.1) is 0 Å². The van der Waals surface area contributed by atoms with E-state index in [1.165, 1.54) is 6.08 Å². The van der Waals surface area contributed by atoms with Gasteiger partial charge in [0, 0.05) is 25.9 Å². The summed E-state index contributed by atoms with van der Waals surface area (Å²) in [7, 11) is 1.80. The van der Waals surface area contributed by atoms with Gasteiger partial charge in [0.25, 0.3) is 5.91 Å². The van der Waals surface area contributed by atoms with Crippen molar-refractivity contribution in [3.8, 4) is 0 Å². The third-order valence-electron chi connectivity index (χ3n) is 2.79. The number of aryl methyl sites for hydroxylation is 1. The first-order valence-corrected chi connectivity index (χ1v) is 6.31. The fourth-order valence-corrected chi connectivity index (χ4v) is 1.72. The number of carboxylic acids is 1. The summed E-state index contributed by atoms with van der Waals surface area (Å²) in [6, 6.07) is 7.25. The van der Waals surface area contributed by atoms with Crippen LogP contribution in [0.25, 0.3) is 6.08 Å². The fourth-order valence-electron chi connectivity index (χ4n) is 1.72. The number of amides is 1. The fraction of sp³-hybridized carbons (Fsp3) is 0.133. The molecule has 2 rings (SSSR count). The van der Waals surface area contributed by atoms with Gasteiger partial charge < -0.3 is 15.0 Å². The Bertz CT molecular complexity index is 672. The highest BCUT2D eigenvalue weighted by atomic mass is 16.4. The second-order valence-corrected chi connectivity index (χ2v) is 4.52. The Balaban J connectivity index is 1.92. The van der Waals surface area contributed by atoms with Gasteiger partial charge in [-0.1, -0.05) is 24.3 Å². The van der Waals surface area contributed by atoms with Crippen LogP contribution in [0.2, 0.25) is 0 Å². The summed E-state index contributed by atoms with van der Waals surface area (Å²) in [5, 5.41) is 11.3. The predicted molar refractivity (Wildman–Crippen MR) is 77.5 cm³/mol. The molecule has 1 amide bonds. The highest BCUT2D eigenvalue weighted by Crippen LogP contribution is 2.06. The second-order valence-electron chi connectivity index (χ2n) is 4.52. The number of aliphatic carboxylic acids is 1. The first kappa shape index (κ1) is 14.5. The van der Waals surface area contributed by atoms with Crippen molar-refractivity contribution in [2.75, 3.05) is 0 Å². The van der Waals surface area contributed by atoms with Crippen LogP contribution in [0.1, 0.15) is 21.6 Å². The molecule has 2 N–H and O–H groups in total. The largest absolute Gasteiger partial charge is 0.478 e. The summed E-state index contributed by atoms with van der Waals surface area (Å²) in [4.78, 5) is 26.2. The number of carbonyl (C=O) groups excluding carboxylic acids is 1. The molecular weight excluding hydrogens is 270 g/mol. The molecule has 108 valence electrons. The minimum absolute atomic E-state index is 0.231. The standard InChI is InChI=1S/C15H15N3O3/c1-18-9-13(17-10-18)15(21)16-8-12-4-2-11(3-5-12)6-7-14(19)20/h2-7,9-10H,8H2,1H3,(H,16,21)(H,19,20)/b7-6+. The van der Waals surface area contributed by atoms with Crippen LogP contribution >= 0.6 is 0 Å². The summed E-state index contributed by atoms with van der Waals surface area (Å²) < 4.78 is 1.71. The summed E-state index contributed by atoms with van der Waals surface area (Å²) in [6.07, 6.45) is 5.81. The molecule has 21 heavy (non-hydrogen) atoms. The number of carbonyl (C=O) groups is 2. The van der Waals surface area contributed by atoms with E-state index in [9.17, 15) is 9.59 Å². The lowest BCUT2D eigenvalue weighted by Crippen LogP contribution is -2.23. The lowest BCUT2D eigenvalue weighted by atomic mass is 10.1. The molecular formula is C15H15N3O3. The third-order valence-corrected chi connectivity index (χ3v) is 2.79. The summed E-state index contributed by atoms with van der Waals surface area (Å²) in [6.45, 7) is 0.387. The minimum atomic E-state index is -0.985. The van der Waals surface area contributed by atoms with Crippen molar-refractivity contribution < 1.29 is 14.7 Å². The van der Waals surface area contributed by atoms with Crippen LogP contribution in [-0.4, -0.2) is 26.5 Å². The van der Waals surface area contributed by atoms with Gasteiger partial charge in [0.05, 0.1) is 6.33 Å². The van der Waals surface area contributed by atoms with E-state index in [2.05, 4.69) is 10.3 Å². The molecule has 0 fully saturated rings. The van der Waals surface area contributed by atoms with Gasteiger partial charge in [0.1, 0.15) is 5.69 Å². The van der Waals surface area contributed by atoms with E-state index < -0.39 is 5.97 Å². The molecule has 0 aliphatic rings. The Hall–Kier alpha value is -2.89. The van der Waals surface area contributed by atoms with E-state index in [0.717, 1.165) is 17.2 Å². The number of hydrogen-bond acceptors (Lipinski definition) is 3. The zero-order valence-electron chi connectivity index (χ0n) is 11.5. The molecule has 0 saturated heterocycles. The van der Waals surface area contributed by atoms with Crippen molar-refractivity contribution >= 4 is 18.0 Å². The minimum Gasteiger partial charge on any atom is -0.478 e. The van der Waals surface area contributed by atoms with Gasteiger partial charge in [-0.2, -0.15) is 0 Å². The van der Waals surface area contributed by atoms with Gasteiger partial charge >= 0.3 is 5.97 Å². The van der Waals surface area contributed by atoms with Crippen LogP contribution in [-0.2, 0) is 18.4 Å². The average Bonchev–Trinajstić information content (AvgIpc) is 2.90. The van der Waals surface area contributed by atoms with Crippen LogP contribution in [0.3, 0.4) is 0 Å². The first-order chi connectivity index (χ1) is 10.0. The number of benzene rings is 1. The smallest absolute Gasteiger partial charge is 0.328 e. The van der Waals surface area contributed by atoms with Gasteiger partial charge in [-0.15, -0.1) is 0 Å². The Labute approximate surface area is 121 Å². The summed E-state index contributed by atoms with van der Waals surface area (Å²) >= 11 is 0. The number of rotatable bonds is 5. The van der Waals surface area contributed by atoms with E-state index in [-0.39, 0.29) is 5.91 Å². The molecule has 0 spiro atoms. The highest BCUT2D eigenvalue weighted by Gasteiger charge is 2.07. The van der Waals surface area contributed by atoms with Gasteiger partial charge in [-0.3, -0.25) is 4.79 Å². The monoisotopic (exact) mass is 285 g/mol. The number of aromatic nitrogens is 2. The normalized spacial score (nSPS) is 10.7. The topological polar surface area (TPSA) is 84.2 Å². The maximum absolute atomic E-state index is 11.8. The van der Waals surface area contributed by atoms with E-state index in [4.69, 9.17) is 5.11 Å². The average molecular weight is 285 g/mol. The van der Waals surface area contributed by atoms with E-state index in [0.29, 0.717) is 12.2 Å². The van der Waals surface area contributed by atoms with Gasteiger partial charge in [-0.25, -0.2) is 9.78 Å². The molecule has 0 aliphatic heterocycles. The van der Waals surface area contributed by atoms with Gasteiger partial charge in [0.2, 0.25) is 0 Å². The molecule has 0 aliphatic carbocycles. The highest BCUT2D eigenvalue weighted by molar-refractivity contribution is 5.92. The van der Waals surface area contributed by atoms with Crippen LogP contribution in [0.4, 0.5) is 0 Å². The number of nitrogens with zero attached hydrogens (tertiary/aromatic N) is 2. The van der Waals surface area contributed by atoms with Crippen molar-refractivity contribution in [3.05, 3.63) is 59.7 Å². The van der Waals surface area contributed by atoms with E-state index in [1.54, 1.807) is 36.3 Å². The number of hydrogen-bond donors (Lipinski definition) is 2. The van der Waals surface area contributed by atoms with E-state index in [1.807, 2.05) is 12.1 Å². The van der Waals surface area contributed by atoms with Gasteiger partial charge in [-0.05, 0) is 17.2 Å². The molecule has 2 aromatic rings. The van der Waals surface area contributed by atoms with Crippen molar-refractivity contribution in [1.82, 2.24) is 14.9 Å². The Morgan fingerprint density at radius 2 is 2.05 bits per heavy atom. The zero-order chi connectivity index (χ0) is 15.2. The quantitative estimate of drug-likeness (QED) is 0.814. The predicted octanol–water partition coefficient (Wildman–Crippen LogP) is 1.45. The summed E-state index contributed by atoms with van der Waals surface area (Å²) in [5.74, 6) is -1.22. The summed E-state index contributed by atoms with van der Waals surface area (Å²) in [5.41, 5.74) is 2.09. The van der Waals surface area contributed by atoms with Crippen molar-refractivity contribution in [1.29, 1.82) is 0 Å². The Kier molecular flexibility index (Phi) is 4.50. The zero-order valence-corrected chi connectivity index (χ0v) is 11.5. The molecule has 0 atom stereocenters. The van der Waals surface area contributed by atoms with Crippen molar-refractivity contribution in [3.63, 3.8) is 0 Å². The molecule has 0 bridgehead atoms. The molecule has 6 nitrogen and oxygen atoms in total. The lowest BCUT2D eigenvalue weighted by Gasteiger charge is -2.04. The maximum Gasteiger partial charge on any atom is 0.328 e. The Morgan fingerprint density at radius 3 is 2.62 bits per heavy atom. The molecule has 1 aromatic carbocycles. The van der Waals surface area contributed by atoms with Crippen LogP contribution in [0.15, 0.2) is 42.9 Å². The first-order valence-electron chi connectivity index (χ1n) is 6.31. The Morgan fingerprint density at radius 1 is 1.33 bits per heavy atom. The van der Waals surface area contributed by atoms with Crippen LogP contribution < -0.4 is 5.32 Å². The number of nitrogens with one attached hydrogen (secondary N) is 1. The molecule has 0 saturated carbocycles. The molecule has 1 aromatic heterocycles. The van der Waals surface area contributed by atoms with Crippen molar-refractivity contribution in [2.24, 2.45) is 7.05 Å². The van der Waals surface area contributed by atoms with Crippen molar-refractivity contribution in [2.45, 2.75) is 6.54 Å². The second kappa shape index (κ2) is 6.51. The maximum atomic E-state index is 11.8. The SMILES string of the molecule is Cn1cnc(C(=O)NCc2ccc(/C=C/C(=O)O)cc2)c1. The lowest BCUT2D eigenvalue weighted by molar-refractivity contribution is -0.131.